The largest absolute Gasteiger partial charge is 0.287 e. The molecule has 2 aromatic rings. The molecular weight excluding hydrogens is 230 g/mol. The van der Waals surface area contributed by atoms with E-state index in [1.807, 2.05) is 48.5 Å². The summed E-state index contributed by atoms with van der Waals surface area (Å²) in [4.78, 5) is 15.8. The molecule has 1 heterocycles. The number of rotatable bonds is 4. The molecule has 0 aliphatic carbocycles. The molecule has 0 saturated heterocycles. The van der Waals surface area contributed by atoms with Crippen molar-refractivity contribution in [3.05, 3.63) is 60.3 Å². The van der Waals surface area contributed by atoms with Gasteiger partial charge in [-0.3, -0.25) is 4.79 Å². The lowest BCUT2D eigenvalue weighted by molar-refractivity contribution is -0.110. The molecule has 0 radical (unpaired) electrons. The molecule has 0 aliphatic rings. The van der Waals surface area contributed by atoms with Crippen molar-refractivity contribution < 1.29 is 4.79 Å². The van der Waals surface area contributed by atoms with Crippen LogP contribution in [0.5, 0.6) is 0 Å². The number of aromatic nitrogens is 1. The van der Waals surface area contributed by atoms with Crippen LogP contribution in [0.2, 0.25) is 0 Å². The van der Waals surface area contributed by atoms with Gasteiger partial charge in [-0.25, -0.2) is 4.98 Å². The fourth-order valence-electron chi connectivity index (χ4n) is 1.47. The molecule has 2 rings (SSSR count). The van der Waals surface area contributed by atoms with Crippen LogP contribution in [0.25, 0.3) is 0 Å². The summed E-state index contributed by atoms with van der Waals surface area (Å²) in [6.07, 6.45) is 3.04. The highest BCUT2D eigenvalue weighted by Crippen LogP contribution is 2.18. The number of aryl methyl sites for hydroxylation is 1. The minimum atomic E-state index is 0.160. The molecule has 0 spiro atoms. The van der Waals surface area contributed by atoms with Crippen molar-refractivity contribution in [2.75, 3.05) is 0 Å². The average Bonchev–Trinajstić information content (AvgIpc) is 2.39. The summed E-state index contributed by atoms with van der Waals surface area (Å²) >= 11 is 1.21. The van der Waals surface area contributed by atoms with Gasteiger partial charge in [0.15, 0.2) is 5.12 Å². The normalized spacial score (nSPS) is 10.1. The molecule has 86 valence electrons. The zero-order valence-electron chi connectivity index (χ0n) is 9.37. The van der Waals surface area contributed by atoms with Crippen LogP contribution in [-0.2, 0) is 11.2 Å². The third-order valence-corrected chi connectivity index (χ3v) is 3.20. The van der Waals surface area contributed by atoms with Gasteiger partial charge in [0.1, 0.15) is 5.03 Å². The lowest BCUT2D eigenvalue weighted by Gasteiger charge is -2.00. The lowest BCUT2D eigenvalue weighted by Crippen LogP contribution is -1.95. The Labute approximate surface area is 105 Å². The Kier molecular flexibility index (Phi) is 4.33. The van der Waals surface area contributed by atoms with Crippen LogP contribution in [0.3, 0.4) is 0 Å². The molecule has 0 amide bonds. The number of nitrogens with zero attached hydrogens (tertiary/aromatic N) is 1. The molecule has 0 saturated carbocycles. The monoisotopic (exact) mass is 243 g/mol. The number of hydrogen-bond acceptors (Lipinski definition) is 3. The summed E-state index contributed by atoms with van der Waals surface area (Å²) in [5, 5.41) is 0.929. The second kappa shape index (κ2) is 6.21. The van der Waals surface area contributed by atoms with Crippen LogP contribution >= 0.6 is 11.8 Å². The quantitative estimate of drug-likeness (QED) is 0.771. The molecule has 0 N–H and O–H groups in total. The first-order valence-electron chi connectivity index (χ1n) is 5.50. The number of benzene rings is 1. The Morgan fingerprint density at radius 3 is 2.53 bits per heavy atom. The molecule has 0 fully saturated rings. The first-order valence-corrected chi connectivity index (χ1v) is 6.32. The van der Waals surface area contributed by atoms with Crippen molar-refractivity contribution in [3.8, 4) is 0 Å². The van der Waals surface area contributed by atoms with Crippen LogP contribution in [-0.4, -0.2) is 10.1 Å². The smallest absolute Gasteiger partial charge is 0.195 e. The summed E-state index contributed by atoms with van der Waals surface area (Å²) in [5.74, 6) is 0. The van der Waals surface area contributed by atoms with Gasteiger partial charge in [-0.2, -0.15) is 0 Å². The molecule has 3 heteroatoms. The van der Waals surface area contributed by atoms with Crippen LogP contribution < -0.4 is 0 Å². The maximum Gasteiger partial charge on any atom is 0.195 e. The zero-order valence-corrected chi connectivity index (χ0v) is 10.2. The van der Waals surface area contributed by atoms with Gasteiger partial charge in [-0.05, 0) is 35.9 Å². The maximum absolute atomic E-state index is 11.7. The van der Waals surface area contributed by atoms with E-state index < -0.39 is 0 Å². The molecule has 0 aliphatic heterocycles. The third-order valence-electron chi connectivity index (χ3n) is 2.32. The Morgan fingerprint density at radius 1 is 1.06 bits per heavy atom. The van der Waals surface area contributed by atoms with Gasteiger partial charge in [-0.1, -0.05) is 36.4 Å². The van der Waals surface area contributed by atoms with Crippen LogP contribution in [0.15, 0.2) is 59.8 Å². The topological polar surface area (TPSA) is 30.0 Å². The van der Waals surface area contributed by atoms with Gasteiger partial charge in [0.05, 0.1) is 0 Å². The third kappa shape index (κ3) is 4.04. The first kappa shape index (κ1) is 11.9. The van der Waals surface area contributed by atoms with Crippen LogP contribution in [0.1, 0.15) is 12.0 Å². The molecule has 0 bridgehead atoms. The van der Waals surface area contributed by atoms with E-state index in [2.05, 4.69) is 4.98 Å². The second-order valence-electron chi connectivity index (χ2n) is 3.63. The van der Waals surface area contributed by atoms with E-state index in [1.165, 1.54) is 17.3 Å². The first-order chi connectivity index (χ1) is 8.34. The Bertz CT molecular complexity index is 470. The van der Waals surface area contributed by atoms with Crippen molar-refractivity contribution >= 4 is 16.9 Å². The van der Waals surface area contributed by atoms with E-state index in [0.29, 0.717) is 6.42 Å². The molecule has 0 atom stereocenters. The SMILES string of the molecule is O=C(CCc1ccccc1)Sc1ccccn1. The molecule has 0 unspecified atom stereocenters. The summed E-state index contributed by atoms with van der Waals surface area (Å²) in [5.41, 5.74) is 1.20. The van der Waals surface area contributed by atoms with Gasteiger partial charge in [0.2, 0.25) is 0 Å². The summed E-state index contributed by atoms with van der Waals surface area (Å²) in [6, 6.07) is 15.6. The van der Waals surface area contributed by atoms with E-state index in [9.17, 15) is 4.79 Å². The van der Waals surface area contributed by atoms with Crippen molar-refractivity contribution in [2.45, 2.75) is 17.9 Å². The predicted molar refractivity (Wildman–Crippen MR) is 69.9 cm³/mol. The lowest BCUT2D eigenvalue weighted by atomic mass is 10.1. The van der Waals surface area contributed by atoms with Crippen molar-refractivity contribution in [2.24, 2.45) is 0 Å². The van der Waals surface area contributed by atoms with Crippen LogP contribution in [0, 0.1) is 0 Å². The number of carbonyl (C=O) groups excluding carboxylic acids is 1. The van der Waals surface area contributed by atoms with Gasteiger partial charge in [0, 0.05) is 12.6 Å². The van der Waals surface area contributed by atoms with Gasteiger partial charge >= 0.3 is 0 Å². The van der Waals surface area contributed by atoms with E-state index in [-0.39, 0.29) is 5.12 Å². The Hall–Kier alpha value is -1.61. The van der Waals surface area contributed by atoms with Gasteiger partial charge < -0.3 is 0 Å². The fourth-order valence-corrected chi connectivity index (χ4v) is 2.16. The van der Waals surface area contributed by atoms with Crippen molar-refractivity contribution in [1.82, 2.24) is 4.98 Å². The number of hydrogen-bond donors (Lipinski definition) is 0. The van der Waals surface area contributed by atoms with Crippen LogP contribution in [0.4, 0.5) is 0 Å². The van der Waals surface area contributed by atoms with Gasteiger partial charge in [-0.15, -0.1) is 0 Å². The average molecular weight is 243 g/mol. The molecular formula is C14H13NOS. The highest BCUT2D eigenvalue weighted by Gasteiger charge is 2.05. The molecule has 1 aromatic carbocycles. The molecule has 1 aromatic heterocycles. The zero-order chi connectivity index (χ0) is 11.9. The van der Waals surface area contributed by atoms with Gasteiger partial charge in [0.25, 0.3) is 0 Å². The van der Waals surface area contributed by atoms with E-state index >= 15 is 0 Å². The predicted octanol–water partition coefficient (Wildman–Crippen LogP) is 3.33. The second-order valence-corrected chi connectivity index (χ2v) is 4.71. The standard InChI is InChI=1S/C14H13NOS/c16-14(17-13-8-4-5-11-15-13)10-9-12-6-2-1-3-7-12/h1-8,11H,9-10H2. The highest BCUT2D eigenvalue weighted by molar-refractivity contribution is 8.13. The maximum atomic E-state index is 11.7. The minimum absolute atomic E-state index is 0.160. The number of thioether (sulfide) groups is 1. The van der Waals surface area contributed by atoms with E-state index in [4.69, 9.17) is 0 Å². The minimum Gasteiger partial charge on any atom is -0.287 e. The Morgan fingerprint density at radius 2 is 1.82 bits per heavy atom. The highest BCUT2D eigenvalue weighted by atomic mass is 32.2. The number of pyridine rings is 1. The fraction of sp³-hybridized carbons (Fsp3) is 0.143. The summed E-state index contributed by atoms with van der Waals surface area (Å²) in [6.45, 7) is 0. The van der Waals surface area contributed by atoms with E-state index in [0.717, 1.165) is 11.4 Å². The van der Waals surface area contributed by atoms with E-state index in [1.54, 1.807) is 6.20 Å². The Balaban J connectivity index is 1.83. The number of carbonyl (C=O) groups is 1. The summed E-state index contributed by atoms with van der Waals surface area (Å²) in [7, 11) is 0. The molecule has 17 heavy (non-hydrogen) atoms. The van der Waals surface area contributed by atoms with Crippen molar-refractivity contribution in [1.29, 1.82) is 0 Å². The summed E-state index contributed by atoms with van der Waals surface area (Å²) < 4.78 is 0. The molecule has 2 nitrogen and oxygen atoms in total. The van der Waals surface area contributed by atoms with Crippen molar-refractivity contribution in [3.63, 3.8) is 0 Å².